The molecular weight excluding hydrogens is 214 g/mol. The van der Waals surface area contributed by atoms with Crippen LogP contribution in [0, 0.1) is 0 Å². The molecule has 1 atom stereocenters. The van der Waals surface area contributed by atoms with E-state index in [0.29, 0.717) is 5.92 Å². The highest BCUT2D eigenvalue weighted by atomic mass is 16.7. The molecule has 0 fully saturated rings. The van der Waals surface area contributed by atoms with Gasteiger partial charge in [0.05, 0.1) is 0 Å². The normalized spacial score (nSPS) is 13.4. The smallest absolute Gasteiger partial charge is 0.157 e. The molecular formula is C14H19NO2. The Labute approximate surface area is 102 Å². The minimum atomic E-state index is -0.140. The van der Waals surface area contributed by atoms with Crippen LogP contribution < -0.4 is 0 Å². The molecule has 1 heterocycles. The highest BCUT2D eigenvalue weighted by molar-refractivity contribution is 5.83. The maximum absolute atomic E-state index is 5.25. The van der Waals surface area contributed by atoms with Gasteiger partial charge in [-0.05, 0) is 17.5 Å². The van der Waals surface area contributed by atoms with E-state index in [9.17, 15) is 0 Å². The zero-order valence-electron chi connectivity index (χ0n) is 10.6. The first kappa shape index (κ1) is 12.1. The standard InChI is InChI=1S/C14H19NO2/c1-10(8-14(16-2)17-3)12-9-15-13-7-5-4-6-11(12)13/h4-7,9-10,14-15H,8H2,1-3H3. The van der Waals surface area contributed by atoms with E-state index in [2.05, 4.69) is 36.3 Å². The van der Waals surface area contributed by atoms with Gasteiger partial charge in [0, 0.05) is 37.7 Å². The van der Waals surface area contributed by atoms with Gasteiger partial charge in [-0.2, -0.15) is 0 Å². The molecule has 92 valence electrons. The van der Waals surface area contributed by atoms with Crippen LogP contribution in [-0.2, 0) is 9.47 Å². The van der Waals surface area contributed by atoms with Crippen molar-refractivity contribution in [3.8, 4) is 0 Å². The molecule has 1 unspecified atom stereocenters. The number of fused-ring (bicyclic) bond motifs is 1. The van der Waals surface area contributed by atoms with Crippen molar-refractivity contribution in [2.75, 3.05) is 14.2 Å². The molecule has 0 radical (unpaired) electrons. The Morgan fingerprint density at radius 1 is 1.18 bits per heavy atom. The average molecular weight is 233 g/mol. The molecule has 17 heavy (non-hydrogen) atoms. The molecule has 0 aliphatic rings. The number of aromatic amines is 1. The van der Waals surface area contributed by atoms with Gasteiger partial charge < -0.3 is 14.5 Å². The fourth-order valence-corrected chi connectivity index (χ4v) is 2.21. The predicted molar refractivity (Wildman–Crippen MR) is 69.1 cm³/mol. The van der Waals surface area contributed by atoms with Crippen molar-refractivity contribution in [3.05, 3.63) is 36.0 Å². The van der Waals surface area contributed by atoms with Crippen LogP contribution in [0.3, 0.4) is 0 Å². The Bertz CT molecular complexity index is 474. The Morgan fingerprint density at radius 3 is 2.59 bits per heavy atom. The summed E-state index contributed by atoms with van der Waals surface area (Å²) in [5.74, 6) is 0.399. The highest BCUT2D eigenvalue weighted by Gasteiger charge is 2.16. The zero-order chi connectivity index (χ0) is 12.3. The number of hydrogen-bond donors (Lipinski definition) is 1. The third-order valence-electron chi connectivity index (χ3n) is 3.22. The van der Waals surface area contributed by atoms with Gasteiger partial charge in [0.2, 0.25) is 0 Å². The largest absolute Gasteiger partial charge is 0.361 e. The molecule has 0 spiro atoms. The minimum absolute atomic E-state index is 0.140. The van der Waals surface area contributed by atoms with Gasteiger partial charge in [0.15, 0.2) is 6.29 Å². The minimum Gasteiger partial charge on any atom is -0.361 e. The van der Waals surface area contributed by atoms with Crippen LogP contribution in [0.4, 0.5) is 0 Å². The number of ether oxygens (including phenoxy) is 2. The maximum atomic E-state index is 5.25. The lowest BCUT2D eigenvalue weighted by Gasteiger charge is -2.18. The fourth-order valence-electron chi connectivity index (χ4n) is 2.21. The zero-order valence-corrected chi connectivity index (χ0v) is 10.6. The van der Waals surface area contributed by atoms with Crippen LogP contribution in [0.2, 0.25) is 0 Å². The highest BCUT2D eigenvalue weighted by Crippen LogP contribution is 2.28. The SMILES string of the molecule is COC(CC(C)c1c[nH]c2ccccc12)OC. The Kier molecular flexibility index (Phi) is 3.82. The Balaban J connectivity index is 2.21. The van der Waals surface area contributed by atoms with Crippen LogP contribution >= 0.6 is 0 Å². The maximum Gasteiger partial charge on any atom is 0.157 e. The van der Waals surface area contributed by atoms with E-state index in [4.69, 9.17) is 9.47 Å². The predicted octanol–water partition coefficient (Wildman–Crippen LogP) is 3.28. The second-order valence-electron chi connectivity index (χ2n) is 4.33. The lowest BCUT2D eigenvalue weighted by atomic mass is 9.97. The summed E-state index contributed by atoms with van der Waals surface area (Å²) in [6.45, 7) is 2.20. The van der Waals surface area contributed by atoms with Gasteiger partial charge in [-0.25, -0.2) is 0 Å². The van der Waals surface area contributed by atoms with E-state index in [-0.39, 0.29) is 6.29 Å². The van der Waals surface area contributed by atoms with Gasteiger partial charge in [0.25, 0.3) is 0 Å². The summed E-state index contributed by atoms with van der Waals surface area (Å²) in [5, 5.41) is 1.28. The van der Waals surface area contributed by atoms with Gasteiger partial charge in [-0.3, -0.25) is 0 Å². The number of para-hydroxylation sites is 1. The summed E-state index contributed by atoms with van der Waals surface area (Å²) in [7, 11) is 3.35. The number of benzene rings is 1. The molecule has 2 rings (SSSR count). The summed E-state index contributed by atoms with van der Waals surface area (Å²) in [4.78, 5) is 3.30. The van der Waals surface area contributed by atoms with Gasteiger partial charge in [-0.15, -0.1) is 0 Å². The third-order valence-corrected chi connectivity index (χ3v) is 3.22. The molecule has 1 aromatic carbocycles. The summed E-state index contributed by atoms with van der Waals surface area (Å²) in [6, 6.07) is 8.35. The number of nitrogens with one attached hydrogen (secondary N) is 1. The number of methoxy groups -OCH3 is 2. The fraction of sp³-hybridized carbons (Fsp3) is 0.429. The van der Waals surface area contributed by atoms with Crippen LogP contribution in [0.1, 0.15) is 24.8 Å². The van der Waals surface area contributed by atoms with Crippen LogP contribution in [0.15, 0.2) is 30.5 Å². The lowest BCUT2D eigenvalue weighted by Crippen LogP contribution is -2.15. The topological polar surface area (TPSA) is 34.2 Å². The first-order valence-electron chi connectivity index (χ1n) is 5.88. The molecule has 0 aliphatic carbocycles. The molecule has 3 nitrogen and oxygen atoms in total. The summed E-state index contributed by atoms with van der Waals surface area (Å²) < 4.78 is 10.5. The molecule has 3 heteroatoms. The van der Waals surface area contributed by atoms with Crippen LogP contribution in [0.5, 0.6) is 0 Å². The lowest BCUT2D eigenvalue weighted by molar-refractivity contribution is -0.108. The van der Waals surface area contributed by atoms with Crippen molar-refractivity contribution in [1.82, 2.24) is 4.98 Å². The van der Waals surface area contributed by atoms with E-state index >= 15 is 0 Å². The number of hydrogen-bond acceptors (Lipinski definition) is 2. The van der Waals surface area contributed by atoms with E-state index in [0.717, 1.165) is 6.42 Å². The second kappa shape index (κ2) is 5.34. The van der Waals surface area contributed by atoms with Crippen molar-refractivity contribution in [1.29, 1.82) is 0 Å². The van der Waals surface area contributed by atoms with E-state index in [1.165, 1.54) is 16.5 Å². The van der Waals surface area contributed by atoms with Crippen molar-refractivity contribution in [2.24, 2.45) is 0 Å². The van der Waals surface area contributed by atoms with Crippen molar-refractivity contribution in [2.45, 2.75) is 25.6 Å². The first-order chi connectivity index (χ1) is 8.26. The van der Waals surface area contributed by atoms with Crippen LogP contribution in [0.25, 0.3) is 10.9 Å². The van der Waals surface area contributed by atoms with Crippen molar-refractivity contribution in [3.63, 3.8) is 0 Å². The molecule has 0 bridgehead atoms. The van der Waals surface area contributed by atoms with Gasteiger partial charge in [-0.1, -0.05) is 25.1 Å². The quantitative estimate of drug-likeness (QED) is 0.804. The molecule has 0 saturated carbocycles. The number of H-pyrrole nitrogens is 1. The van der Waals surface area contributed by atoms with Crippen LogP contribution in [-0.4, -0.2) is 25.5 Å². The summed E-state index contributed by atoms with van der Waals surface area (Å²) >= 11 is 0. The Hall–Kier alpha value is -1.32. The summed E-state index contributed by atoms with van der Waals surface area (Å²) in [5.41, 5.74) is 2.50. The summed E-state index contributed by atoms with van der Waals surface area (Å²) in [6.07, 6.45) is 2.80. The number of aromatic nitrogens is 1. The van der Waals surface area contributed by atoms with Gasteiger partial charge in [0.1, 0.15) is 0 Å². The molecule has 1 N–H and O–H groups in total. The van der Waals surface area contributed by atoms with Crippen molar-refractivity contribution >= 4 is 10.9 Å². The monoisotopic (exact) mass is 233 g/mol. The molecule has 2 aromatic rings. The first-order valence-corrected chi connectivity index (χ1v) is 5.88. The Morgan fingerprint density at radius 2 is 1.88 bits per heavy atom. The molecule has 0 amide bonds. The molecule has 1 aromatic heterocycles. The van der Waals surface area contributed by atoms with E-state index in [1.807, 2.05) is 6.07 Å². The van der Waals surface area contributed by atoms with E-state index < -0.39 is 0 Å². The average Bonchev–Trinajstić information content (AvgIpc) is 2.79. The van der Waals surface area contributed by atoms with Crippen molar-refractivity contribution < 1.29 is 9.47 Å². The second-order valence-corrected chi connectivity index (χ2v) is 4.33. The number of rotatable bonds is 5. The third kappa shape index (κ3) is 2.51. The molecule has 0 aliphatic heterocycles. The van der Waals surface area contributed by atoms with E-state index in [1.54, 1.807) is 14.2 Å². The molecule has 0 saturated heterocycles. The van der Waals surface area contributed by atoms with Gasteiger partial charge >= 0.3 is 0 Å².